The average molecular weight is 127 g/mol. The number of hydrogen-bond donors (Lipinski definition) is 2. The molecule has 0 aliphatic carbocycles. The number of carbonyl (C=O) groups is 1. The molecule has 0 aromatic heterocycles. The van der Waals surface area contributed by atoms with Crippen LogP contribution in [0.2, 0.25) is 0 Å². The lowest BCUT2D eigenvalue weighted by molar-refractivity contribution is -0.132. The summed E-state index contributed by atoms with van der Waals surface area (Å²) < 4.78 is 0. The Hall–Kier alpha value is -1.25. The molecule has 0 saturated carbocycles. The maximum Gasteiger partial charge on any atom is 0.331 e. The Labute approximate surface area is 53.5 Å². The molecule has 0 radical (unpaired) electrons. The molecule has 0 aliphatic rings. The zero-order valence-electron chi connectivity index (χ0n) is 5.00. The molecule has 0 aromatic carbocycles. The number of carboxylic acid groups (broad SMARTS) is 1. The topological polar surface area (TPSA) is 63.3 Å². The van der Waals surface area contributed by atoms with E-state index in [1.807, 2.05) is 0 Å². The first-order valence-electron chi connectivity index (χ1n) is 2.46. The first kappa shape index (κ1) is 7.75. The van der Waals surface area contributed by atoms with E-state index in [-0.39, 0.29) is 5.57 Å². The van der Waals surface area contributed by atoms with Crippen molar-refractivity contribution in [1.82, 2.24) is 0 Å². The maximum atomic E-state index is 10.0. The van der Waals surface area contributed by atoms with Gasteiger partial charge in [0.2, 0.25) is 0 Å². The van der Waals surface area contributed by atoms with Crippen molar-refractivity contribution in [3.8, 4) is 0 Å². The van der Waals surface area contributed by atoms with Gasteiger partial charge in [0.25, 0.3) is 0 Å². The van der Waals surface area contributed by atoms with E-state index < -0.39 is 5.97 Å². The first-order chi connectivity index (χ1) is 4.18. The first-order valence-corrected chi connectivity index (χ1v) is 2.46. The van der Waals surface area contributed by atoms with Gasteiger partial charge in [-0.2, -0.15) is 0 Å². The van der Waals surface area contributed by atoms with Crippen LogP contribution in [0.5, 0.6) is 0 Å². The molecule has 0 aliphatic heterocycles. The summed E-state index contributed by atoms with van der Waals surface area (Å²) in [7, 11) is 0. The van der Waals surface area contributed by atoms with E-state index in [1.54, 1.807) is 0 Å². The summed E-state index contributed by atoms with van der Waals surface area (Å²) in [5.74, 6) is -0.979. The van der Waals surface area contributed by atoms with Crippen molar-refractivity contribution < 1.29 is 9.90 Å². The minimum Gasteiger partial charge on any atom is -0.478 e. The number of allylic oxidation sites excluding steroid dienone is 1. The van der Waals surface area contributed by atoms with Crippen molar-refractivity contribution in [2.75, 3.05) is 0 Å². The summed E-state index contributed by atoms with van der Waals surface area (Å²) in [6.07, 6.45) is 3.15. The van der Waals surface area contributed by atoms with Crippen LogP contribution in [0.3, 0.4) is 0 Å². The van der Waals surface area contributed by atoms with Gasteiger partial charge in [0.1, 0.15) is 0 Å². The zero-order valence-corrected chi connectivity index (χ0v) is 5.00. The van der Waals surface area contributed by atoms with Crippen LogP contribution in [-0.2, 0) is 4.79 Å². The van der Waals surface area contributed by atoms with Gasteiger partial charge in [0.15, 0.2) is 0 Å². The van der Waals surface area contributed by atoms with Gasteiger partial charge < -0.3 is 10.8 Å². The molecule has 0 rings (SSSR count). The van der Waals surface area contributed by atoms with Gasteiger partial charge in [-0.15, -0.1) is 0 Å². The van der Waals surface area contributed by atoms with Crippen molar-refractivity contribution >= 4 is 5.97 Å². The Balaban J connectivity index is 3.65. The number of carboxylic acids is 1. The summed E-state index contributed by atoms with van der Waals surface area (Å²) in [6, 6.07) is 0. The van der Waals surface area contributed by atoms with Crippen molar-refractivity contribution in [2.45, 2.75) is 6.42 Å². The smallest absolute Gasteiger partial charge is 0.331 e. The standard InChI is InChI=1S/C6H9NO2/c1-5(6(8)9)3-2-4-7/h2,4H,1,3,7H2,(H,8,9). The van der Waals surface area contributed by atoms with Crippen LogP contribution in [0.15, 0.2) is 24.4 Å². The van der Waals surface area contributed by atoms with E-state index >= 15 is 0 Å². The average Bonchev–Trinajstić information content (AvgIpc) is 1.82. The molecule has 3 nitrogen and oxygen atoms in total. The second kappa shape index (κ2) is 3.72. The molecule has 3 N–H and O–H groups in total. The minimum atomic E-state index is -0.979. The highest BCUT2D eigenvalue weighted by Crippen LogP contribution is 1.96. The van der Waals surface area contributed by atoms with Crippen LogP contribution < -0.4 is 5.73 Å². The van der Waals surface area contributed by atoms with Crippen molar-refractivity contribution in [1.29, 1.82) is 0 Å². The Morgan fingerprint density at radius 2 is 2.33 bits per heavy atom. The second-order valence-electron chi connectivity index (χ2n) is 1.54. The predicted molar refractivity (Wildman–Crippen MR) is 34.7 cm³/mol. The molecular formula is C6H9NO2. The van der Waals surface area contributed by atoms with E-state index in [9.17, 15) is 4.79 Å². The van der Waals surface area contributed by atoms with E-state index in [4.69, 9.17) is 10.8 Å². The molecule has 0 saturated heterocycles. The lowest BCUT2D eigenvalue weighted by Gasteiger charge is -1.90. The zero-order chi connectivity index (χ0) is 7.28. The molecule has 0 atom stereocenters. The van der Waals surface area contributed by atoms with E-state index in [2.05, 4.69) is 6.58 Å². The van der Waals surface area contributed by atoms with Crippen molar-refractivity contribution in [3.05, 3.63) is 24.4 Å². The van der Waals surface area contributed by atoms with Crippen LogP contribution in [0.1, 0.15) is 6.42 Å². The van der Waals surface area contributed by atoms with Gasteiger partial charge in [-0.3, -0.25) is 0 Å². The monoisotopic (exact) mass is 127 g/mol. The summed E-state index contributed by atoms with van der Waals surface area (Å²) in [5.41, 5.74) is 5.11. The number of nitrogens with two attached hydrogens (primary N) is 1. The summed E-state index contributed by atoms with van der Waals surface area (Å²) in [5, 5.41) is 8.23. The SMILES string of the molecule is C=C(CC=CN)C(=O)O. The van der Waals surface area contributed by atoms with Gasteiger partial charge in [-0.25, -0.2) is 4.79 Å². The van der Waals surface area contributed by atoms with Crippen LogP contribution in [0, 0.1) is 0 Å². The maximum absolute atomic E-state index is 10.0. The second-order valence-corrected chi connectivity index (χ2v) is 1.54. The van der Waals surface area contributed by atoms with Gasteiger partial charge in [0.05, 0.1) is 0 Å². The molecule has 50 valence electrons. The van der Waals surface area contributed by atoms with E-state index in [0.29, 0.717) is 6.42 Å². The van der Waals surface area contributed by atoms with Gasteiger partial charge in [-0.05, 0) is 12.6 Å². The summed E-state index contributed by atoms with van der Waals surface area (Å²) >= 11 is 0. The van der Waals surface area contributed by atoms with Crippen LogP contribution >= 0.6 is 0 Å². The van der Waals surface area contributed by atoms with E-state index in [0.717, 1.165) is 0 Å². The number of aliphatic carboxylic acids is 1. The molecule has 0 bridgehead atoms. The largest absolute Gasteiger partial charge is 0.478 e. The van der Waals surface area contributed by atoms with Crippen molar-refractivity contribution in [3.63, 3.8) is 0 Å². The Morgan fingerprint density at radius 1 is 1.78 bits per heavy atom. The van der Waals surface area contributed by atoms with E-state index in [1.165, 1.54) is 12.3 Å². The Kier molecular flexibility index (Phi) is 3.20. The Morgan fingerprint density at radius 3 is 2.67 bits per heavy atom. The summed E-state index contributed by atoms with van der Waals surface area (Å²) in [4.78, 5) is 10.0. The highest BCUT2D eigenvalue weighted by molar-refractivity contribution is 5.85. The van der Waals surface area contributed by atoms with Crippen molar-refractivity contribution in [2.24, 2.45) is 5.73 Å². The lowest BCUT2D eigenvalue weighted by atomic mass is 10.2. The van der Waals surface area contributed by atoms with Gasteiger partial charge in [0, 0.05) is 5.57 Å². The molecular weight excluding hydrogens is 118 g/mol. The molecule has 0 fully saturated rings. The molecule has 0 aromatic rings. The molecule has 9 heavy (non-hydrogen) atoms. The lowest BCUT2D eigenvalue weighted by Crippen LogP contribution is -1.97. The fourth-order valence-corrected chi connectivity index (χ4v) is 0.298. The third kappa shape index (κ3) is 3.34. The van der Waals surface area contributed by atoms with Crippen LogP contribution in [-0.4, -0.2) is 11.1 Å². The molecule has 0 heterocycles. The number of hydrogen-bond acceptors (Lipinski definition) is 2. The molecule has 0 amide bonds. The normalized spacial score (nSPS) is 9.78. The van der Waals surface area contributed by atoms with Gasteiger partial charge in [-0.1, -0.05) is 12.7 Å². The van der Waals surface area contributed by atoms with Crippen LogP contribution in [0.4, 0.5) is 0 Å². The van der Waals surface area contributed by atoms with Crippen LogP contribution in [0.25, 0.3) is 0 Å². The number of rotatable bonds is 3. The fourth-order valence-electron chi connectivity index (χ4n) is 0.298. The van der Waals surface area contributed by atoms with Gasteiger partial charge >= 0.3 is 5.97 Å². The Bertz CT molecular complexity index is 149. The third-order valence-electron chi connectivity index (χ3n) is 0.803. The fraction of sp³-hybridized carbons (Fsp3) is 0.167. The molecule has 0 spiro atoms. The third-order valence-corrected chi connectivity index (χ3v) is 0.803. The quantitative estimate of drug-likeness (QED) is 0.542. The molecule has 0 unspecified atom stereocenters. The minimum absolute atomic E-state index is 0.150. The highest BCUT2D eigenvalue weighted by Gasteiger charge is 1.98. The predicted octanol–water partition coefficient (Wildman–Crippen LogP) is 0.490. The summed E-state index contributed by atoms with van der Waals surface area (Å²) in [6.45, 7) is 3.29. The highest BCUT2D eigenvalue weighted by atomic mass is 16.4. The molecule has 3 heteroatoms.